The Morgan fingerprint density at radius 3 is 2.85 bits per heavy atom. The lowest BCUT2D eigenvalue weighted by molar-refractivity contribution is 1.04. The summed E-state index contributed by atoms with van der Waals surface area (Å²) in [7, 11) is 0. The second-order valence-corrected chi connectivity index (χ2v) is 3.85. The molecule has 4 nitrogen and oxygen atoms in total. The molecule has 0 bridgehead atoms. The normalized spacial score (nSPS) is 10.2. The van der Waals surface area contributed by atoms with Crippen molar-refractivity contribution in [2.75, 3.05) is 0 Å². The van der Waals surface area contributed by atoms with Crippen molar-refractivity contribution in [1.29, 1.82) is 0 Å². The lowest BCUT2D eigenvalue weighted by Gasteiger charge is -1.89. The SMILES string of the molecule is BrCc1nnc(-c2cnccn2)s1. The molecule has 0 spiro atoms. The van der Waals surface area contributed by atoms with Crippen molar-refractivity contribution in [1.82, 2.24) is 20.2 Å². The average Bonchev–Trinajstić information content (AvgIpc) is 2.67. The summed E-state index contributed by atoms with van der Waals surface area (Å²) >= 11 is 4.83. The molecule has 0 aliphatic rings. The van der Waals surface area contributed by atoms with E-state index in [-0.39, 0.29) is 0 Å². The van der Waals surface area contributed by atoms with Gasteiger partial charge in [-0.1, -0.05) is 27.3 Å². The lowest BCUT2D eigenvalue weighted by atomic mass is 10.5. The topological polar surface area (TPSA) is 51.6 Å². The van der Waals surface area contributed by atoms with Crippen LogP contribution in [0, 0.1) is 0 Å². The van der Waals surface area contributed by atoms with E-state index in [1.54, 1.807) is 18.6 Å². The van der Waals surface area contributed by atoms with Crippen LogP contribution in [0.2, 0.25) is 0 Å². The Hall–Kier alpha value is -0.880. The van der Waals surface area contributed by atoms with Crippen molar-refractivity contribution >= 4 is 27.3 Å². The fourth-order valence-electron chi connectivity index (χ4n) is 0.821. The molecule has 0 saturated heterocycles. The highest BCUT2D eigenvalue weighted by atomic mass is 79.9. The largest absolute Gasteiger partial charge is 0.261 e. The minimum atomic E-state index is 0.727. The summed E-state index contributed by atoms with van der Waals surface area (Å²) < 4.78 is 0. The van der Waals surface area contributed by atoms with E-state index in [1.807, 2.05) is 0 Å². The molecule has 0 aliphatic heterocycles. The highest BCUT2D eigenvalue weighted by Crippen LogP contribution is 2.21. The molecular formula is C7H5BrN4S. The third-order valence-corrected chi connectivity index (χ3v) is 3.21. The third kappa shape index (κ3) is 1.89. The first kappa shape index (κ1) is 8.71. The predicted octanol–water partition coefficient (Wildman–Crippen LogP) is 1.89. The minimum absolute atomic E-state index is 0.727. The van der Waals surface area contributed by atoms with Gasteiger partial charge in [-0.15, -0.1) is 10.2 Å². The first-order chi connectivity index (χ1) is 6.40. The van der Waals surface area contributed by atoms with Crippen LogP contribution in [0.3, 0.4) is 0 Å². The van der Waals surface area contributed by atoms with E-state index in [0.29, 0.717) is 0 Å². The monoisotopic (exact) mass is 256 g/mol. The van der Waals surface area contributed by atoms with Crippen LogP contribution in [-0.2, 0) is 5.33 Å². The van der Waals surface area contributed by atoms with Crippen LogP contribution < -0.4 is 0 Å². The standard InChI is InChI=1S/C7H5BrN4S/c8-3-6-11-12-7(13-6)5-4-9-1-2-10-5/h1-2,4H,3H2. The first-order valence-electron chi connectivity index (χ1n) is 3.55. The first-order valence-corrected chi connectivity index (χ1v) is 5.48. The summed E-state index contributed by atoms with van der Waals surface area (Å²) in [5.74, 6) is 0. The van der Waals surface area contributed by atoms with Gasteiger partial charge in [-0.25, -0.2) is 0 Å². The average molecular weight is 257 g/mol. The molecular weight excluding hydrogens is 252 g/mol. The molecule has 0 N–H and O–H groups in total. The number of nitrogens with zero attached hydrogens (tertiary/aromatic N) is 4. The van der Waals surface area contributed by atoms with Gasteiger partial charge in [-0.05, 0) is 0 Å². The smallest absolute Gasteiger partial charge is 0.167 e. The molecule has 0 aliphatic carbocycles. The Bertz CT molecular complexity index is 388. The van der Waals surface area contributed by atoms with Gasteiger partial charge in [0, 0.05) is 12.4 Å². The molecule has 0 radical (unpaired) electrons. The van der Waals surface area contributed by atoms with Crippen LogP contribution in [0.15, 0.2) is 18.6 Å². The Kier molecular flexibility index (Phi) is 2.60. The van der Waals surface area contributed by atoms with Gasteiger partial charge in [0.2, 0.25) is 0 Å². The van der Waals surface area contributed by atoms with Crippen LogP contribution in [-0.4, -0.2) is 20.2 Å². The van der Waals surface area contributed by atoms with Gasteiger partial charge in [0.1, 0.15) is 10.7 Å². The Balaban J connectivity index is 2.36. The van der Waals surface area contributed by atoms with Crippen molar-refractivity contribution in [3.05, 3.63) is 23.6 Å². The summed E-state index contributed by atoms with van der Waals surface area (Å²) in [6.07, 6.45) is 4.96. The van der Waals surface area contributed by atoms with Crippen LogP contribution >= 0.6 is 27.3 Å². The third-order valence-electron chi connectivity index (χ3n) is 1.36. The second-order valence-electron chi connectivity index (χ2n) is 2.23. The Morgan fingerprint density at radius 1 is 1.31 bits per heavy atom. The molecule has 66 valence electrons. The molecule has 2 aromatic heterocycles. The molecule has 2 aromatic rings. The molecule has 2 rings (SSSR count). The van der Waals surface area contributed by atoms with Gasteiger partial charge in [0.15, 0.2) is 5.01 Å². The molecule has 0 fully saturated rings. The summed E-state index contributed by atoms with van der Waals surface area (Å²) in [5.41, 5.74) is 0.771. The summed E-state index contributed by atoms with van der Waals surface area (Å²) in [5, 5.41) is 10.4. The zero-order valence-electron chi connectivity index (χ0n) is 6.51. The van der Waals surface area contributed by atoms with E-state index >= 15 is 0 Å². The number of aromatic nitrogens is 4. The van der Waals surface area contributed by atoms with E-state index in [4.69, 9.17) is 0 Å². The number of halogens is 1. The highest BCUT2D eigenvalue weighted by Gasteiger charge is 2.05. The van der Waals surface area contributed by atoms with Gasteiger partial charge in [-0.3, -0.25) is 9.97 Å². The molecule has 0 saturated carbocycles. The molecule has 6 heteroatoms. The molecule has 13 heavy (non-hydrogen) atoms. The number of hydrogen-bond donors (Lipinski definition) is 0. The van der Waals surface area contributed by atoms with Crippen LogP contribution in [0.5, 0.6) is 0 Å². The summed E-state index contributed by atoms with van der Waals surface area (Å²) in [6.45, 7) is 0. The highest BCUT2D eigenvalue weighted by molar-refractivity contribution is 9.08. The molecule has 0 amide bonds. The summed E-state index contributed by atoms with van der Waals surface area (Å²) in [4.78, 5) is 8.09. The van der Waals surface area contributed by atoms with Crippen molar-refractivity contribution in [2.24, 2.45) is 0 Å². The molecule has 0 aromatic carbocycles. The number of alkyl halides is 1. The van der Waals surface area contributed by atoms with E-state index < -0.39 is 0 Å². The van der Waals surface area contributed by atoms with Crippen molar-refractivity contribution in [3.63, 3.8) is 0 Å². The van der Waals surface area contributed by atoms with Gasteiger partial charge < -0.3 is 0 Å². The quantitative estimate of drug-likeness (QED) is 0.771. The van der Waals surface area contributed by atoms with Gasteiger partial charge in [0.05, 0.1) is 11.5 Å². The minimum Gasteiger partial charge on any atom is -0.261 e. The van der Waals surface area contributed by atoms with Gasteiger partial charge in [0.25, 0.3) is 0 Å². The lowest BCUT2D eigenvalue weighted by Crippen LogP contribution is -1.82. The fourth-order valence-corrected chi connectivity index (χ4v) is 1.93. The molecule has 0 unspecified atom stereocenters. The summed E-state index contributed by atoms with van der Waals surface area (Å²) in [6, 6.07) is 0. The van der Waals surface area contributed by atoms with E-state index in [1.165, 1.54) is 11.3 Å². The maximum Gasteiger partial charge on any atom is 0.167 e. The maximum atomic E-state index is 4.13. The molecule has 2 heterocycles. The maximum absolute atomic E-state index is 4.13. The fraction of sp³-hybridized carbons (Fsp3) is 0.143. The zero-order valence-corrected chi connectivity index (χ0v) is 8.92. The van der Waals surface area contributed by atoms with E-state index in [2.05, 4.69) is 36.1 Å². The van der Waals surface area contributed by atoms with E-state index in [0.717, 1.165) is 21.0 Å². The van der Waals surface area contributed by atoms with Crippen molar-refractivity contribution in [3.8, 4) is 10.7 Å². The molecule has 0 atom stereocenters. The van der Waals surface area contributed by atoms with Crippen molar-refractivity contribution in [2.45, 2.75) is 5.33 Å². The Morgan fingerprint density at radius 2 is 2.23 bits per heavy atom. The second kappa shape index (κ2) is 3.89. The van der Waals surface area contributed by atoms with Gasteiger partial charge in [-0.2, -0.15) is 0 Å². The Labute approximate surface area is 87.2 Å². The van der Waals surface area contributed by atoms with Crippen LogP contribution in [0.4, 0.5) is 0 Å². The van der Waals surface area contributed by atoms with Crippen molar-refractivity contribution < 1.29 is 0 Å². The van der Waals surface area contributed by atoms with E-state index in [9.17, 15) is 0 Å². The van der Waals surface area contributed by atoms with Gasteiger partial charge >= 0.3 is 0 Å². The number of hydrogen-bond acceptors (Lipinski definition) is 5. The van der Waals surface area contributed by atoms with Crippen LogP contribution in [0.1, 0.15) is 5.01 Å². The predicted molar refractivity (Wildman–Crippen MR) is 53.6 cm³/mol. The van der Waals surface area contributed by atoms with Crippen LogP contribution in [0.25, 0.3) is 10.7 Å². The number of rotatable bonds is 2. The zero-order chi connectivity index (χ0) is 9.10.